The lowest BCUT2D eigenvalue weighted by molar-refractivity contribution is -0.142. The molecule has 0 aliphatic carbocycles. The molecule has 6 heteroatoms. The maximum absolute atomic E-state index is 11.2. The number of carbonyl (C=O) groups excluding carboxylic acids is 1. The lowest BCUT2D eigenvalue weighted by atomic mass is 10.2. The van der Waals surface area contributed by atoms with E-state index in [0.29, 0.717) is 15.7 Å². The van der Waals surface area contributed by atoms with Crippen LogP contribution in [0.3, 0.4) is 0 Å². The number of ether oxygens (including phenoxy) is 1. The summed E-state index contributed by atoms with van der Waals surface area (Å²) in [5.74, 6) is -0.548. The van der Waals surface area contributed by atoms with E-state index in [1.165, 1.54) is 7.11 Å². The minimum Gasteiger partial charge on any atom is -0.467 e. The van der Waals surface area contributed by atoms with Gasteiger partial charge in [0.05, 0.1) is 19.3 Å². The molecule has 1 aromatic carbocycles. The number of hydrogen-bond acceptors (Lipinski definition) is 5. The first-order valence-corrected chi connectivity index (χ1v) is 5.56. The largest absolute Gasteiger partial charge is 0.467 e. The minimum absolute atomic E-state index is 0.371. The summed E-state index contributed by atoms with van der Waals surface area (Å²) < 4.78 is 5.14. The van der Waals surface area contributed by atoms with Crippen molar-refractivity contribution in [1.82, 2.24) is 0 Å². The van der Waals surface area contributed by atoms with Crippen molar-refractivity contribution in [1.29, 1.82) is 5.26 Å². The highest BCUT2D eigenvalue weighted by Crippen LogP contribution is 2.21. The highest BCUT2D eigenvalue weighted by molar-refractivity contribution is 9.10. The Morgan fingerprint density at radius 3 is 2.88 bits per heavy atom. The highest BCUT2D eigenvalue weighted by atomic mass is 79.9. The molecule has 1 aromatic rings. The third kappa shape index (κ3) is 3.44. The Bertz CT molecular complexity index is 457. The standard InChI is InChI=1S/C11H11BrN2O3/c1-17-11(16)10(6-15)14-8-3-2-7(5-13)9(12)4-8/h2-4,10,14-15H,6H2,1H3. The van der Waals surface area contributed by atoms with Crippen LogP contribution in [0.2, 0.25) is 0 Å². The van der Waals surface area contributed by atoms with Crippen LogP contribution in [0.5, 0.6) is 0 Å². The van der Waals surface area contributed by atoms with Gasteiger partial charge in [-0.2, -0.15) is 5.26 Å². The van der Waals surface area contributed by atoms with Crippen molar-refractivity contribution in [3.8, 4) is 6.07 Å². The molecule has 0 heterocycles. The average Bonchev–Trinajstić information content (AvgIpc) is 2.35. The van der Waals surface area contributed by atoms with E-state index in [1.807, 2.05) is 6.07 Å². The predicted octanol–water partition coefficient (Wildman–Crippen LogP) is 1.27. The second-order valence-corrected chi connectivity index (χ2v) is 4.06. The summed E-state index contributed by atoms with van der Waals surface area (Å²) in [6.07, 6.45) is 0. The molecular weight excluding hydrogens is 288 g/mol. The zero-order valence-electron chi connectivity index (χ0n) is 9.11. The van der Waals surface area contributed by atoms with Gasteiger partial charge >= 0.3 is 5.97 Å². The molecule has 0 saturated heterocycles. The summed E-state index contributed by atoms with van der Waals surface area (Å²) in [5.41, 5.74) is 1.11. The number of hydrogen-bond donors (Lipinski definition) is 2. The van der Waals surface area contributed by atoms with Gasteiger partial charge in [-0.3, -0.25) is 0 Å². The monoisotopic (exact) mass is 298 g/mol. The summed E-state index contributed by atoms with van der Waals surface area (Å²) >= 11 is 3.23. The fourth-order valence-electron chi connectivity index (χ4n) is 1.22. The summed E-state index contributed by atoms with van der Waals surface area (Å²) in [6.45, 7) is -0.371. The summed E-state index contributed by atoms with van der Waals surface area (Å²) in [5, 5.41) is 20.6. The maximum Gasteiger partial charge on any atom is 0.330 e. The molecule has 0 amide bonds. The summed E-state index contributed by atoms with van der Waals surface area (Å²) in [4.78, 5) is 11.2. The van der Waals surface area contributed by atoms with E-state index in [-0.39, 0.29) is 6.61 Å². The molecule has 90 valence electrons. The van der Waals surface area contributed by atoms with Crippen molar-refractivity contribution in [2.45, 2.75) is 6.04 Å². The molecule has 0 aromatic heterocycles. The number of anilines is 1. The number of methoxy groups -OCH3 is 1. The fraction of sp³-hybridized carbons (Fsp3) is 0.273. The topological polar surface area (TPSA) is 82.3 Å². The van der Waals surface area contributed by atoms with Crippen LogP contribution in [0.4, 0.5) is 5.69 Å². The van der Waals surface area contributed by atoms with Crippen molar-refractivity contribution < 1.29 is 14.6 Å². The van der Waals surface area contributed by atoms with Crippen LogP contribution in [0.25, 0.3) is 0 Å². The maximum atomic E-state index is 11.2. The number of halogens is 1. The second-order valence-electron chi connectivity index (χ2n) is 3.21. The Labute approximate surface area is 107 Å². The van der Waals surface area contributed by atoms with Gasteiger partial charge < -0.3 is 15.2 Å². The molecule has 0 aliphatic heterocycles. The third-order valence-electron chi connectivity index (χ3n) is 2.10. The van der Waals surface area contributed by atoms with E-state index in [4.69, 9.17) is 10.4 Å². The lowest BCUT2D eigenvalue weighted by Crippen LogP contribution is -2.34. The van der Waals surface area contributed by atoms with Crippen molar-refractivity contribution >= 4 is 27.6 Å². The number of nitrogens with one attached hydrogen (secondary N) is 1. The van der Waals surface area contributed by atoms with Crippen LogP contribution < -0.4 is 5.32 Å². The molecule has 5 nitrogen and oxygen atoms in total. The SMILES string of the molecule is COC(=O)C(CO)Nc1ccc(C#N)c(Br)c1. The molecule has 17 heavy (non-hydrogen) atoms. The van der Waals surface area contributed by atoms with Crippen LogP contribution in [0.1, 0.15) is 5.56 Å². The van der Waals surface area contributed by atoms with Crippen LogP contribution in [-0.2, 0) is 9.53 Å². The van der Waals surface area contributed by atoms with Crippen molar-refractivity contribution in [2.24, 2.45) is 0 Å². The smallest absolute Gasteiger partial charge is 0.330 e. The van der Waals surface area contributed by atoms with Crippen LogP contribution >= 0.6 is 15.9 Å². The Balaban J connectivity index is 2.85. The van der Waals surface area contributed by atoms with Gasteiger partial charge in [0.2, 0.25) is 0 Å². The zero-order chi connectivity index (χ0) is 12.8. The Morgan fingerprint density at radius 1 is 1.71 bits per heavy atom. The van der Waals surface area contributed by atoms with Crippen LogP contribution in [0.15, 0.2) is 22.7 Å². The number of nitrogens with zero attached hydrogens (tertiary/aromatic N) is 1. The number of benzene rings is 1. The van der Waals surface area contributed by atoms with E-state index < -0.39 is 12.0 Å². The molecular formula is C11H11BrN2O3. The Morgan fingerprint density at radius 2 is 2.41 bits per heavy atom. The van der Waals surface area contributed by atoms with Crippen molar-refractivity contribution in [3.05, 3.63) is 28.2 Å². The van der Waals surface area contributed by atoms with E-state index in [9.17, 15) is 4.79 Å². The molecule has 0 aliphatic rings. The van der Waals surface area contributed by atoms with Gasteiger partial charge in [0, 0.05) is 10.2 Å². The van der Waals surface area contributed by atoms with Gasteiger partial charge in [-0.05, 0) is 34.1 Å². The molecule has 0 bridgehead atoms. The van der Waals surface area contributed by atoms with Gasteiger partial charge in [0.25, 0.3) is 0 Å². The van der Waals surface area contributed by atoms with E-state index in [1.54, 1.807) is 18.2 Å². The molecule has 0 radical (unpaired) electrons. The first-order valence-electron chi connectivity index (χ1n) is 4.77. The second kappa shape index (κ2) is 6.23. The van der Waals surface area contributed by atoms with Gasteiger partial charge in [0.1, 0.15) is 12.1 Å². The van der Waals surface area contributed by atoms with Crippen LogP contribution in [-0.4, -0.2) is 30.8 Å². The number of carbonyl (C=O) groups is 1. The van der Waals surface area contributed by atoms with Crippen LogP contribution in [0, 0.1) is 11.3 Å². The van der Waals surface area contributed by atoms with Crippen molar-refractivity contribution in [2.75, 3.05) is 19.0 Å². The number of nitriles is 1. The summed E-state index contributed by atoms with van der Waals surface area (Å²) in [6, 6.07) is 6.10. The van der Waals surface area contributed by atoms with Gasteiger partial charge in [-0.1, -0.05) is 0 Å². The Hall–Kier alpha value is -1.58. The molecule has 1 atom stereocenters. The number of aliphatic hydroxyl groups excluding tert-OH is 1. The summed E-state index contributed by atoms with van der Waals surface area (Å²) in [7, 11) is 1.25. The van der Waals surface area contributed by atoms with E-state index in [2.05, 4.69) is 26.0 Å². The van der Waals surface area contributed by atoms with Gasteiger partial charge in [-0.15, -0.1) is 0 Å². The number of esters is 1. The fourth-order valence-corrected chi connectivity index (χ4v) is 1.69. The lowest BCUT2D eigenvalue weighted by Gasteiger charge is -2.15. The van der Waals surface area contributed by atoms with Gasteiger partial charge in [0.15, 0.2) is 0 Å². The molecule has 0 saturated carbocycles. The third-order valence-corrected chi connectivity index (χ3v) is 2.75. The highest BCUT2D eigenvalue weighted by Gasteiger charge is 2.17. The minimum atomic E-state index is -0.820. The molecule has 0 spiro atoms. The average molecular weight is 299 g/mol. The first-order chi connectivity index (χ1) is 8.12. The predicted molar refractivity (Wildman–Crippen MR) is 65.4 cm³/mol. The number of aliphatic hydroxyl groups is 1. The molecule has 1 unspecified atom stereocenters. The van der Waals surface area contributed by atoms with Gasteiger partial charge in [-0.25, -0.2) is 4.79 Å². The Kier molecular flexibility index (Phi) is 4.94. The molecule has 0 fully saturated rings. The molecule has 1 rings (SSSR count). The molecule has 2 N–H and O–H groups in total. The quantitative estimate of drug-likeness (QED) is 0.818. The zero-order valence-corrected chi connectivity index (χ0v) is 10.7. The number of rotatable bonds is 4. The van der Waals surface area contributed by atoms with Crippen molar-refractivity contribution in [3.63, 3.8) is 0 Å². The van der Waals surface area contributed by atoms with E-state index >= 15 is 0 Å². The van der Waals surface area contributed by atoms with E-state index in [0.717, 1.165) is 0 Å². The normalized spacial score (nSPS) is 11.4. The first kappa shape index (κ1) is 13.5.